The Hall–Kier alpha value is -2.62. The van der Waals surface area contributed by atoms with Crippen molar-refractivity contribution in [1.29, 1.82) is 0 Å². The highest BCUT2D eigenvalue weighted by Crippen LogP contribution is 2.45. The molecule has 0 saturated heterocycles. The number of nitrogens with one attached hydrogen (secondary N) is 2. The van der Waals surface area contributed by atoms with Crippen LogP contribution in [-0.4, -0.2) is 54.9 Å². The van der Waals surface area contributed by atoms with Crippen molar-refractivity contribution in [3.63, 3.8) is 0 Å². The number of hydrogen-bond acceptors (Lipinski definition) is 7. The summed E-state index contributed by atoms with van der Waals surface area (Å²) in [6.07, 6.45) is 2.42. The number of benzene rings is 2. The van der Waals surface area contributed by atoms with Gasteiger partial charge in [-0.3, -0.25) is 10.2 Å². The second kappa shape index (κ2) is 14.5. The molecule has 1 heterocycles. The first-order chi connectivity index (χ1) is 18.3. The summed E-state index contributed by atoms with van der Waals surface area (Å²) in [7, 11) is 0. The number of ether oxygens (including phenoxy) is 3. The average Bonchev–Trinajstić information content (AvgIpc) is 3.27. The Morgan fingerprint density at radius 1 is 1.21 bits per heavy atom. The molecule has 0 bridgehead atoms. The molecule has 0 fully saturated rings. The molecule has 3 rings (SSSR count). The Morgan fingerprint density at radius 2 is 1.97 bits per heavy atom. The van der Waals surface area contributed by atoms with Crippen molar-refractivity contribution in [2.45, 2.75) is 50.9 Å². The maximum Gasteiger partial charge on any atom is 0.266 e. The molecule has 1 aliphatic rings. The maximum atomic E-state index is 13.7. The van der Waals surface area contributed by atoms with E-state index in [1.54, 1.807) is 36.4 Å². The minimum absolute atomic E-state index is 0.0609. The molecule has 0 aliphatic carbocycles. The first kappa shape index (κ1) is 29.9. The Bertz CT molecular complexity index is 1110. The van der Waals surface area contributed by atoms with Gasteiger partial charge in [0.1, 0.15) is 5.75 Å². The number of rotatable bonds is 15. The van der Waals surface area contributed by atoms with E-state index in [4.69, 9.17) is 47.5 Å². The molecule has 0 unspecified atom stereocenters. The third-order valence-electron chi connectivity index (χ3n) is 5.83. The zero-order chi connectivity index (χ0) is 27.5. The summed E-state index contributed by atoms with van der Waals surface area (Å²) in [5.41, 5.74) is 5.65. The molecular formula is C28H35Cl2N3O5. The third-order valence-corrected chi connectivity index (χ3v) is 6.39. The lowest BCUT2D eigenvalue weighted by Crippen LogP contribution is -2.52. The fourth-order valence-electron chi connectivity index (χ4n) is 3.96. The molecule has 10 heteroatoms. The number of amides is 1. The summed E-state index contributed by atoms with van der Waals surface area (Å²) >= 11 is 12.7. The minimum Gasteiger partial charge on any atom is -0.494 e. The van der Waals surface area contributed by atoms with Gasteiger partial charge in [0.25, 0.3) is 5.91 Å². The normalized spacial score (nSPS) is 18.7. The van der Waals surface area contributed by atoms with Gasteiger partial charge in [-0.25, -0.2) is 10.4 Å². The standard InChI is InChI=1S/C28H35Cl2N3O5/c1-4-13-28(27(35)33-31-14-5-16-36-19(2)3)25(23-12-9-21(29)18-24(23)30)38-26(32-28)20-7-10-22(11-8-20)37-17-6-15-34/h4,7-12,18-19,25,31,34H,1,5-6,13-17H2,2-3H3,(H,33,35)/t25-,28-/m0/s1. The maximum absolute atomic E-state index is 13.7. The molecule has 206 valence electrons. The van der Waals surface area contributed by atoms with Gasteiger partial charge >= 0.3 is 0 Å². The van der Waals surface area contributed by atoms with Crippen LogP contribution in [-0.2, 0) is 14.3 Å². The number of halogens is 2. The first-order valence-corrected chi connectivity index (χ1v) is 13.4. The number of nitrogens with zero attached hydrogens (tertiary/aromatic N) is 1. The lowest BCUT2D eigenvalue weighted by Gasteiger charge is -2.30. The topological polar surface area (TPSA) is 101 Å². The molecule has 8 nitrogen and oxygen atoms in total. The molecule has 38 heavy (non-hydrogen) atoms. The van der Waals surface area contributed by atoms with E-state index in [2.05, 4.69) is 17.4 Å². The number of aliphatic hydroxyl groups is 1. The molecule has 1 aliphatic heterocycles. The van der Waals surface area contributed by atoms with Crippen LogP contribution in [0, 0.1) is 0 Å². The van der Waals surface area contributed by atoms with Crippen LogP contribution in [0.15, 0.2) is 60.1 Å². The van der Waals surface area contributed by atoms with E-state index in [0.29, 0.717) is 59.0 Å². The molecule has 2 aromatic rings. The smallest absolute Gasteiger partial charge is 0.266 e. The summed E-state index contributed by atoms with van der Waals surface area (Å²) in [5, 5.41) is 9.79. The number of aliphatic hydroxyl groups excluding tert-OH is 1. The highest BCUT2D eigenvalue weighted by atomic mass is 35.5. The second-order valence-corrected chi connectivity index (χ2v) is 9.95. The predicted octanol–water partition coefficient (Wildman–Crippen LogP) is 5.02. The van der Waals surface area contributed by atoms with Crippen LogP contribution < -0.4 is 15.6 Å². The van der Waals surface area contributed by atoms with Gasteiger partial charge in [0.05, 0.1) is 12.7 Å². The van der Waals surface area contributed by atoms with Crippen molar-refractivity contribution in [2.75, 3.05) is 26.4 Å². The van der Waals surface area contributed by atoms with E-state index in [9.17, 15) is 4.79 Å². The Labute approximate surface area is 234 Å². The summed E-state index contributed by atoms with van der Waals surface area (Å²) in [6.45, 7) is 9.38. The summed E-state index contributed by atoms with van der Waals surface area (Å²) < 4.78 is 17.5. The Kier molecular flexibility index (Phi) is 11.4. The van der Waals surface area contributed by atoms with E-state index in [1.165, 1.54) is 0 Å². The Morgan fingerprint density at radius 3 is 2.63 bits per heavy atom. The predicted molar refractivity (Wildman–Crippen MR) is 150 cm³/mol. The minimum atomic E-state index is -1.37. The van der Waals surface area contributed by atoms with Crippen molar-refractivity contribution in [3.05, 3.63) is 76.3 Å². The van der Waals surface area contributed by atoms with E-state index >= 15 is 0 Å². The number of carbonyl (C=O) groups excluding carboxylic acids is 1. The Balaban J connectivity index is 1.88. The van der Waals surface area contributed by atoms with Crippen molar-refractivity contribution < 1.29 is 24.1 Å². The van der Waals surface area contributed by atoms with Gasteiger partial charge in [0, 0.05) is 53.8 Å². The van der Waals surface area contributed by atoms with E-state index < -0.39 is 11.6 Å². The van der Waals surface area contributed by atoms with Crippen molar-refractivity contribution in [2.24, 2.45) is 4.99 Å². The molecule has 0 radical (unpaired) electrons. The van der Waals surface area contributed by atoms with Crippen LogP contribution >= 0.6 is 23.2 Å². The van der Waals surface area contributed by atoms with Crippen LogP contribution in [0.3, 0.4) is 0 Å². The molecule has 0 spiro atoms. The summed E-state index contributed by atoms with van der Waals surface area (Å²) in [5.74, 6) is 0.571. The molecule has 3 N–H and O–H groups in total. The number of hydrogen-bond donors (Lipinski definition) is 3. The van der Waals surface area contributed by atoms with Crippen LogP contribution in [0.25, 0.3) is 0 Å². The van der Waals surface area contributed by atoms with Gasteiger partial charge in [0.15, 0.2) is 11.6 Å². The highest BCUT2D eigenvalue weighted by molar-refractivity contribution is 6.35. The highest BCUT2D eigenvalue weighted by Gasteiger charge is 2.53. The molecule has 2 atom stereocenters. The van der Waals surface area contributed by atoms with Crippen molar-refractivity contribution >= 4 is 35.0 Å². The van der Waals surface area contributed by atoms with Gasteiger partial charge < -0.3 is 19.3 Å². The van der Waals surface area contributed by atoms with Crippen molar-refractivity contribution in [3.8, 4) is 5.75 Å². The lowest BCUT2D eigenvalue weighted by atomic mass is 9.84. The van der Waals surface area contributed by atoms with E-state index in [0.717, 1.165) is 6.42 Å². The third kappa shape index (κ3) is 7.71. The van der Waals surface area contributed by atoms with Gasteiger partial charge in [-0.05, 0) is 56.7 Å². The van der Waals surface area contributed by atoms with E-state index in [1.807, 2.05) is 26.0 Å². The molecule has 1 amide bonds. The fraction of sp³-hybridized carbons (Fsp3) is 0.429. The zero-order valence-corrected chi connectivity index (χ0v) is 23.2. The van der Waals surface area contributed by atoms with Crippen LogP contribution in [0.2, 0.25) is 10.0 Å². The molecule has 2 aromatic carbocycles. The zero-order valence-electron chi connectivity index (χ0n) is 21.7. The van der Waals surface area contributed by atoms with Gasteiger partial charge in [-0.2, -0.15) is 0 Å². The van der Waals surface area contributed by atoms with Gasteiger partial charge in [-0.1, -0.05) is 35.3 Å². The fourth-order valence-corrected chi connectivity index (χ4v) is 4.46. The van der Waals surface area contributed by atoms with Crippen LogP contribution in [0.5, 0.6) is 5.75 Å². The molecular weight excluding hydrogens is 529 g/mol. The van der Waals surface area contributed by atoms with E-state index in [-0.39, 0.29) is 25.0 Å². The monoisotopic (exact) mass is 563 g/mol. The number of hydrazine groups is 1. The lowest BCUT2D eigenvalue weighted by molar-refractivity contribution is -0.129. The number of carbonyl (C=O) groups is 1. The quantitative estimate of drug-likeness (QED) is 0.160. The largest absolute Gasteiger partial charge is 0.494 e. The summed E-state index contributed by atoms with van der Waals surface area (Å²) in [6, 6.07) is 12.3. The SMILES string of the molecule is C=CC[C@]1(C(=O)NNCCCOC(C)C)N=C(c2ccc(OCCCO)cc2)O[C@H]1c1ccc(Cl)cc1Cl. The second-order valence-electron chi connectivity index (χ2n) is 9.10. The number of aliphatic imine (C=N–C) groups is 1. The molecule has 0 saturated carbocycles. The van der Waals surface area contributed by atoms with Crippen LogP contribution in [0.4, 0.5) is 0 Å². The summed E-state index contributed by atoms with van der Waals surface area (Å²) in [4.78, 5) is 18.5. The first-order valence-electron chi connectivity index (χ1n) is 12.6. The average molecular weight is 565 g/mol. The van der Waals surface area contributed by atoms with Crippen LogP contribution in [0.1, 0.15) is 50.3 Å². The molecule has 0 aromatic heterocycles. The van der Waals surface area contributed by atoms with Gasteiger partial charge in [-0.15, -0.1) is 6.58 Å². The van der Waals surface area contributed by atoms with Crippen molar-refractivity contribution in [1.82, 2.24) is 10.9 Å². The van der Waals surface area contributed by atoms with Gasteiger partial charge in [0.2, 0.25) is 5.90 Å².